The number of halogens is 1. The van der Waals surface area contributed by atoms with Gasteiger partial charge in [0.1, 0.15) is 11.7 Å². The molecule has 0 aromatic heterocycles. The number of amides is 2. The zero-order valence-electron chi connectivity index (χ0n) is 34.3. The predicted octanol–water partition coefficient (Wildman–Crippen LogP) is 7.75. The molecule has 2 heterocycles. The van der Waals surface area contributed by atoms with E-state index in [9.17, 15) is 19.7 Å². The van der Waals surface area contributed by atoms with Gasteiger partial charge in [-0.1, -0.05) is 72.3 Å². The first kappa shape index (κ1) is 43.6. The second-order valence-corrected chi connectivity index (χ2v) is 16.8. The van der Waals surface area contributed by atoms with Crippen LogP contribution in [0.2, 0.25) is 5.02 Å². The van der Waals surface area contributed by atoms with Crippen LogP contribution < -0.4 is 20.9 Å². The van der Waals surface area contributed by atoms with E-state index in [0.717, 1.165) is 79.9 Å². The number of anilines is 2. The summed E-state index contributed by atoms with van der Waals surface area (Å²) in [5.41, 5.74) is 5.49. The number of hydrogen-bond donors (Lipinski definition) is 3. The highest BCUT2D eigenvalue weighted by atomic mass is 35.5. The third kappa shape index (κ3) is 11.9. The minimum Gasteiger partial charge on any atom is -0.379 e. The highest BCUT2D eigenvalue weighted by Crippen LogP contribution is 2.32. The molecule has 0 spiro atoms. The van der Waals surface area contributed by atoms with Crippen LogP contribution in [-0.2, 0) is 16.1 Å². The Morgan fingerprint density at radius 1 is 0.836 bits per heavy atom. The Balaban J connectivity index is 0.984. The zero-order chi connectivity index (χ0) is 42.6. The van der Waals surface area contributed by atoms with Crippen molar-refractivity contribution in [1.82, 2.24) is 20.4 Å². The lowest BCUT2D eigenvalue weighted by Crippen LogP contribution is -2.46. The van der Waals surface area contributed by atoms with Crippen molar-refractivity contribution in [3.63, 3.8) is 0 Å². The lowest BCUT2D eigenvalue weighted by atomic mass is 9.99. The van der Waals surface area contributed by atoms with Gasteiger partial charge < -0.3 is 25.6 Å². The van der Waals surface area contributed by atoms with Crippen LogP contribution in [0.3, 0.4) is 0 Å². The smallest absolute Gasteiger partial charge is 0.292 e. The van der Waals surface area contributed by atoms with E-state index in [2.05, 4.69) is 79.2 Å². The fourth-order valence-electron chi connectivity index (χ4n) is 7.75. The van der Waals surface area contributed by atoms with Gasteiger partial charge in [-0.15, -0.1) is 11.8 Å². The standard InChI is InChI=1S/C47H52ClN7O5S/c1-49-47(57)45(36-15-20-43(44(31-36)55(58)59)50-39(21-22-52-27-29-60-30-28-52)33-61-41-8-3-2-4-9-41)51-46(56)35-13-18-40(19-14-35)54-25-23-53(24-26-54)32-37-7-5-6-10-42(37)34-11-16-38(48)17-12-34/h2-20,31,39,45,50H,21-30,32-33H2,1H3,(H,49,57)(H,51,56)/t39-,45?/m1/s1. The first-order valence-electron chi connectivity index (χ1n) is 20.7. The maximum absolute atomic E-state index is 13.6. The number of morpholine rings is 1. The average Bonchev–Trinajstić information content (AvgIpc) is 3.30. The van der Waals surface area contributed by atoms with Crippen LogP contribution in [0, 0.1) is 10.1 Å². The van der Waals surface area contributed by atoms with Crippen molar-refractivity contribution in [2.45, 2.75) is 29.9 Å². The minimum atomic E-state index is -1.16. The van der Waals surface area contributed by atoms with E-state index in [0.29, 0.717) is 35.8 Å². The molecule has 14 heteroatoms. The number of nitro benzene ring substituents is 1. The molecule has 61 heavy (non-hydrogen) atoms. The monoisotopic (exact) mass is 861 g/mol. The van der Waals surface area contributed by atoms with Crippen LogP contribution in [0.25, 0.3) is 11.1 Å². The van der Waals surface area contributed by atoms with Crippen molar-refractivity contribution in [3.05, 3.63) is 153 Å². The minimum absolute atomic E-state index is 0.0814. The number of thioether (sulfide) groups is 1. The summed E-state index contributed by atoms with van der Waals surface area (Å²) in [6.07, 6.45) is 0.769. The van der Waals surface area contributed by atoms with Crippen LogP contribution in [0.4, 0.5) is 17.1 Å². The summed E-state index contributed by atoms with van der Waals surface area (Å²) in [5, 5.41) is 22.1. The fraction of sp³-hybridized carbons (Fsp3) is 0.319. The molecule has 0 aliphatic carbocycles. The molecule has 2 aliphatic rings. The van der Waals surface area contributed by atoms with Crippen LogP contribution in [0.5, 0.6) is 0 Å². The Morgan fingerprint density at radius 3 is 2.25 bits per heavy atom. The summed E-state index contributed by atoms with van der Waals surface area (Å²) in [6.45, 7) is 8.18. The topological polar surface area (TPSA) is 132 Å². The summed E-state index contributed by atoms with van der Waals surface area (Å²) in [4.78, 5) is 47.2. The van der Waals surface area contributed by atoms with Gasteiger partial charge in [0.15, 0.2) is 0 Å². The van der Waals surface area contributed by atoms with E-state index in [4.69, 9.17) is 16.3 Å². The Labute approximate surface area is 366 Å². The second-order valence-electron chi connectivity index (χ2n) is 15.2. The summed E-state index contributed by atoms with van der Waals surface area (Å²) >= 11 is 7.84. The molecule has 0 bridgehead atoms. The van der Waals surface area contributed by atoms with Crippen molar-refractivity contribution in [2.75, 3.05) is 82.0 Å². The Bertz CT molecular complexity index is 2240. The van der Waals surface area contributed by atoms with E-state index in [1.54, 1.807) is 36.0 Å². The highest BCUT2D eigenvalue weighted by Gasteiger charge is 2.27. The molecule has 5 aromatic carbocycles. The number of ether oxygens (including phenoxy) is 1. The largest absolute Gasteiger partial charge is 0.379 e. The van der Waals surface area contributed by atoms with Gasteiger partial charge in [0.25, 0.3) is 11.6 Å². The average molecular weight is 862 g/mol. The predicted molar refractivity (Wildman–Crippen MR) is 245 cm³/mol. The molecule has 3 N–H and O–H groups in total. The van der Waals surface area contributed by atoms with Crippen molar-refractivity contribution >= 4 is 52.2 Å². The Morgan fingerprint density at radius 2 is 1.54 bits per heavy atom. The number of carbonyl (C=O) groups excluding carboxylic acids is 2. The third-order valence-electron chi connectivity index (χ3n) is 11.2. The number of nitro groups is 1. The summed E-state index contributed by atoms with van der Waals surface area (Å²) in [5.74, 6) is -0.258. The molecule has 5 aromatic rings. The maximum atomic E-state index is 13.6. The maximum Gasteiger partial charge on any atom is 0.292 e. The Kier molecular flexibility index (Phi) is 15.3. The normalized spacial score (nSPS) is 15.7. The zero-order valence-corrected chi connectivity index (χ0v) is 35.9. The van der Waals surface area contributed by atoms with Crippen molar-refractivity contribution in [2.24, 2.45) is 0 Å². The van der Waals surface area contributed by atoms with E-state index < -0.39 is 22.8 Å². The molecule has 0 saturated carbocycles. The van der Waals surface area contributed by atoms with Crippen LogP contribution in [-0.4, -0.2) is 104 Å². The van der Waals surface area contributed by atoms with Gasteiger partial charge in [-0.3, -0.25) is 29.5 Å². The first-order valence-corrected chi connectivity index (χ1v) is 22.1. The second kappa shape index (κ2) is 21.4. The molecule has 2 atom stereocenters. The number of carbonyl (C=O) groups is 2. The number of piperazine rings is 1. The van der Waals surface area contributed by atoms with Gasteiger partial charge in [-0.05, 0) is 83.3 Å². The molecule has 2 amide bonds. The quantitative estimate of drug-likeness (QED) is 0.0485. The summed E-state index contributed by atoms with van der Waals surface area (Å²) in [7, 11) is 1.47. The highest BCUT2D eigenvalue weighted by molar-refractivity contribution is 7.99. The molecule has 318 valence electrons. The molecule has 12 nitrogen and oxygen atoms in total. The lowest BCUT2D eigenvalue weighted by molar-refractivity contribution is -0.384. The van der Waals surface area contributed by atoms with Gasteiger partial charge in [-0.2, -0.15) is 0 Å². The van der Waals surface area contributed by atoms with Crippen LogP contribution in [0.1, 0.15) is 33.9 Å². The molecule has 2 aliphatic heterocycles. The van der Waals surface area contributed by atoms with Gasteiger partial charge >= 0.3 is 0 Å². The van der Waals surface area contributed by atoms with Gasteiger partial charge in [0.05, 0.1) is 18.1 Å². The number of benzene rings is 5. The van der Waals surface area contributed by atoms with E-state index in [1.165, 1.54) is 24.2 Å². The third-order valence-corrected chi connectivity index (χ3v) is 12.6. The molecular formula is C47H52ClN7O5S. The van der Waals surface area contributed by atoms with Gasteiger partial charge in [-0.25, -0.2) is 0 Å². The molecule has 7 rings (SSSR count). The number of nitrogens with one attached hydrogen (secondary N) is 3. The summed E-state index contributed by atoms with van der Waals surface area (Å²) in [6, 6.07) is 37.3. The van der Waals surface area contributed by atoms with Gasteiger partial charge in [0, 0.05) is 98.4 Å². The number of likely N-dealkylation sites (N-methyl/N-ethyl adjacent to an activating group) is 1. The molecule has 1 unspecified atom stereocenters. The molecule has 2 saturated heterocycles. The van der Waals surface area contributed by atoms with E-state index in [-0.39, 0.29) is 11.7 Å². The van der Waals surface area contributed by atoms with E-state index in [1.807, 2.05) is 42.5 Å². The van der Waals surface area contributed by atoms with Crippen molar-refractivity contribution in [1.29, 1.82) is 0 Å². The van der Waals surface area contributed by atoms with Gasteiger partial charge in [0.2, 0.25) is 5.91 Å². The molecule has 0 radical (unpaired) electrons. The molecular weight excluding hydrogens is 810 g/mol. The van der Waals surface area contributed by atoms with Crippen LogP contribution >= 0.6 is 23.4 Å². The summed E-state index contributed by atoms with van der Waals surface area (Å²) < 4.78 is 5.52. The van der Waals surface area contributed by atoms with Crippen molar-refractivity contribution < 1.29 is 19.2 Å². The molecule has 2 fully saturated rings. The van der Waals surface area contributed by atoms with Crippen LogP contribution in [0.15, 0.2) is 126 Å². The number of nitrogens with zero attached hydrogens (tertiary/aromatic N) is 4. The lowest BCUT2D eigenvalue weighted by Gasteiger charge is -2.36. The van der Waals surface area contributed by atoms with Crippen molar-refractivity contribution in [3.8, 4) is 11.1 Å². The Hall–Kier alpha value is -5.44. The number of hydrogen-bond acceptors (Lipinski definition) is 10. The number of rotatable bonds is 17. The van der Waals surface area contributed by atoms with E-state index >= 15 is 0 Å². The first-order chi connectivity index (χ1) is 29.7. The SMILES string of the molecule is CNC(=O)C(NC(=O)c1ccc(N2CCN(Cc3ccccc3-c3ccc(Cl)cc3)CC2)cc1)c1ccc(N[C@H](CCN2CCOCC2)CSc2ccccc2)c([N+](=O)[O-])c1. The fourth-order valence-corrected chi connectivity index (χ4v) is 8.87.